The van der Waals surface area contributed by atoms with Gasteiger partial charge in [0.15, 0.2) is 17.3 Å². The fourth-order valence-corrected chi connectivity index (χ4v) is 2.21. The average Bonchev–Trinajstić information content (AvgIpc) is 2.54. The van der Waals surface area contributed by atoms with Crippen molar-refractivity contribution in [2.24, 2.45) is 0 Å². The van der Waals surface area contributed by atoms with Gasteiger partial charge in [0, 0.05) is 10.9 Å². The molecule has 106 valence electrons. The number of hydrogen-bond donors (Lipinski definition) is 1. The molecule has 0 saturated heterocycles. The summed E-state index contributed by atoms with van der Waals surface area (Å²) >= 11 is 0. The second-order valence-corrected chi connectivity index (χ2v) is 4.52. The molecule has 0 atom stereocenters. The molecular formula is C16H15N3O2. The van der Waals surface area contributed by atoms with Crippen molar-refractivity contribution in [3.05, 3.63) is 42.5 Å². The van der Waals surface area contributed by atoms with Crippen molar-refractivity contribution in [2.75, 3.05) is 20.0 Å². The van der Waals surface area contributed by atoms with Gasteiger partial charge in [-0.25, -0.2) is 9.97 Å². The van der Waals surface area contributed by atoms with Gasteiger partial charge in [-0.1, -0.05) is 12.1 Å². The third-order valence-corrected chi connectivity index (χ3v) is 3.27. The number of nitrogens with two attached hydrogens (primary N) is 1. The Balaban J connectivity index is 2.16. The van der Waals surface area contributed by atoms with E-state index in [0.29, 0.717) is 23.1 Å². The number of anilines is 1. The SMILES string of the molecule is COc1ccc(-c2nc(N)c3ccccc3n2)cc1OC. The number of nitrogen functional groups attached to an aromatic ring is 1. The smallest absolute Gasteiger partial charge is 0.162 e. The van der Waals surface area contributed by atoms with Gasteiger partial charge in [0.1, 0.15) is 5.82 Å². The minimum atomic E-state index is 0.463. The van der Waals surface area contributed by atoms with Gasteiger partial charge in [-0.3, -0.25) is 0 Å². The maximum absolute atomic E-state index is 6.01. The van der Waals surface area contributed by atoms with Crippen LogP contribution in [0.25, 0.3) is 22.3 Å². The molecule has 2 N–H and O–H groups in total. The molecule has 0 fully saturated rings. The Morgan fingerprint density at radius 3 is 2.43 bits per heavy atom. The zero-order valence-corrected chi connectivity index (χ0v) is 11.8. The van der Waals surface area contributed by atoms with Crippen molar-refractivity contribution >= 4 is 16.7 Å². The molecular weight excluding hydrogens is 266 g/mol. The van der Waals surface area contributed by atoms with Crippen LogP contribution in [0.4, 0.5) is 5.82 Å². The molecule has 21 heavy (non-hydrogen) atoms. The lowest BCUT2D eigenvalue weighted by atomic mass is 10.1. The van der Waals surface area contributed by atoms with E-state index in [2.05, 4.69) is 9.97 Å². The fourth-order valence-electron chi connectivity index (χ4n) is 2.21. The van der Waals surface area contributed by atoms with Crippen molar-refractivity contribution in [2.45, 2.75) is 0 Å². The molecule has 0 unspecified atom stereocenters. The topological polar surface area (TPSA) is 70.3 Å². The Morgan fingerprint density at radius 2 is 1.67 bits per heavy atom. The highest BCUT2D eigenvalue weighted by Crippen LogP contribution is 2.32. The van der Waals surface area contributed by atoms with Crippen LogP contribution < -0.4 is 15.2 Å². The number of fused-ring (bicyclic) bond motifs is 1. The monoisotopic (exact) mass is 281 g/mol. The van der Waals surface area contributed by atoms with Gasteiger partial charge < -0.3 is 15.2 Å². The normalized spacial score (nSPS) is 10.6. The van der Waals surface area contributed by atoms with Crippen LogP contribution in [0.2, 0.25) is 0 Å². The first-order valence-corrected chi connectivity index (χ1v) is 6.47. The summed E-state index contributed by atoms with van der Waals surface area (Å²) in [6.07, 6.45) is 0. The van der Waals surface area contributed by atoms with Crippen molar-refractivity contribution in [1.82, 2.24) is 9.97 Å². The minimum absolute atomic E-state index is 0.463. The molecule has 2 aromatic carbocycles. The number of ether oxygens (including phenoxy) is 2. The molecule has 0 bridgehead atoms. The molecule has 5 nitrogen and oxygen atoms in total. The Labute approximate surface area is 122 Å². The second kappa shape index (κ2) is 5.28. The fraction of sp³-hybridized carbons (Fsp3) is 0.125. The van der Waals surface area contributed by atoms with E-state index in [1.807, 2.05) is 42.5 Å². The van der Waals surface area contributed by atoms with Gasteiger partial charge in [-0.15, -0.1) is 0 Å². The number of methoxy groups -OCH3 is 2. The third-order valence-electron chi connectivity index (χ3n) is 3.27. The maximum Gasteiger partial charge on any atom is 0.162 e. The van der Waals surface area contributed by atoms with E-state index < -0.39 is 0 Å². The van der Waals surface area contributed by atoms with E-state index in [4.69, 9.17) is 15.2 Å². The molecule has 3 rings (SSSR count). The summed E-state index contributed by atoms with van der Waals surface area (Å²) in [6, 6.07) is 13.2. The number of para-hydroxylation sites is 1. The van der Waals surface area contributed by atoms with Gasteiger partial charge in [-0.2, -0.15) is 0 Å². The first-order valence-electron chi connectivity index (χ1n) is 6.47. The largest absolute Gasteiger partial charge is 0.493 e. The molecule has 1 aromatic heterocycles. The van der Waals surface area contributed by atoms with Gasteiger partial charge in [0.05, 0.1) is 19.7 Å². The Bertz CT molecular complexity index is 803. The van der Waals surface area contributed by atoms with Crippen LogP contribution in [-0.2, 0) is 0 Å². The number of nitrogens with zero attached hydrogens (tertiary/aromatic N) is 2. The van der Waals surface area contributed by atoms with Crippen molar-refractivity contribution < 1.29 is 9.47 Å². The highest BCUT2D eigenvalue weighted by molar-refractivity contribution is 5.89. The molecule has 0 amide bonds. The highest BCUT2D eigenvalue weighted by atomic mass is 16.5. The quantitative estimate of drug-likeness (QED) is 0.799. The highest BCUT2D eigenvalue weighted by Gasteiger charge is 2.10. The van der Waals surface area contributed by atoms with E-state index in [1.54, 1.807) is 14.2 Å². The molecule has 5 heteroatoms. The van der Waals surface area contributed by atoms with Crippen molar-refractivity contribution in [3.63, 3.8) is 0 Å². The number of benzene rings is 2. The number of rotatable bonds is 3. The second-order valence-electron chi connectivity index (χ2n) is 4.52. The summed E-state index contributed by atoms with van der Waals surface area (Å²) in [7, 11) is 3.19. The van der Waals surface area contributed by atoms with Gasteiger partial charge in [0.2, 0.25) is 0 Å². The van der Waals surface area contributed by atoms with Crippen molar-refractivity contribution in [3.8, 4) is 22.9 Å². The zero-order valence-electron chi connectivity index (χ0n) is 11.8. The van der Waals surface area contributed by atoms with E-state index in [9.17, 15) is 0 Å². The van der Waals surface area contributed by atoms with Gasteiger partial charge >= 0.3 is 0 Å². The lowest BCUT2D eigenvalue weighted by Gasteiger charge is -2.10. The predicted molar refractivity (Wildman–Crippen MR) is 82.5 cm³/mol. The lowest BCUT2D eigenvalue weighted by molar-refractivity contribution is 0.355. The summed E-state index contributed by atoms with van der Waals surface area (Å²) in [6.45, 7) is 0. The molecule has 0 aliphatic carbocycles. The molecule has 0 aliphatic heterocycles. The Morgan fingerprint density at radius 1 is 0.905 bits per heavy atom. The lowest BCUT2D eigenvalue weighted by Crippen LogP contribution is -1.98. The average molecular weight is 281 g/mol. The minimum Gasteiger partial charge on any atom is -0.493 e. The first kappa shape index (κ1) is 13.2. The summed E-state index contributed by atoms with van der Waals surface area (Å²) in [4.78, 5) is 8.92. The molecule has 0 saturated carbocycles. The van der Waals surface area contributed by atoms with Crippen LogP contribution in [0.3, 0.4) is 0 Å². The number of aromatic nitrogens is 2. The summed E-state index contributed by atoms with van der Waals surface area (Å²) in [5.74, 6) is 2.32. The van der Waals surface area contributed by atoms with Crippen LogP contribution >= 0.6 is 0 Å². The standard InChI is InChI=1S/C16H15N3O2/c1-20-13-8-7-10(9-14(13)21-2)16-18-12-6-4-3-5-11(12)15(17)19-16/h3-9H,1-2H3,(H2,17,18,19). The predicted octanol–water partition coefficient (Wildman–Crippen LogP) is 2.90. The molecule has 0 aliphatic rings. The summed E-state index contributed by atoms with van der Waals surface area (Å²) in [5.41, 5.74) is 7.65. The Kier molecular flexibility index (Phi) is 3.31. The molecule has 0 radical (unpaired) electrons. The van der Waals surface area contributed by atoms with E-state index in [1.165, 1.54) is 0 Å². The Hall–Kier alpha value is -2.82. The first-order chi connectivity index (χ1) is 10.2. The van der Waals surface area contributed by atoms with Crippen LogP contribution in [0, 0.1) is 0 Å². The van der Waals surface area contributed by atoms with E-state index in [-0.39, 0.29) is 0 Å². The van der Waals surface area contributed by atoms with Crippen LogP contribution in [0.1, 0.15) is 0 Å². The van der Waals surface area contributed by atoms with Crippen LogP contribution in [0.15, 0.2) is 42.5 Å². The molecule has 0 spiro atoms. The molecule has 1 heterocycles. The third kappa shape index (κ3) is 2.33. The van der Waals surface area contributed by atoms with E-state index in [0.717, 1.165) is 16.5 Å². The maximum atomic E-state index is 6.01. The number of hydrogen-bond acceptors (Lipinski definition) is 5. The van der Waals surface area contributed by atoms with Crippen molar-refractivity contribution in [1.29, 1.82) is 0 Å². The summed E-state index contributed by atoms with van der Waals surface area (Å²) < 4.78 is 10.5. The van der Waals surface area contributed by atoms with Gasteiger partial charge in [-0.05, 0) is 30.3 Å². The van der Waals surface area contributed by atoms with Crippen LogP contribution in [0.5, 0.6) is 11.5 Å². The van der Waals surface area contributed by atoms with E-state index >= 15 is 0 Å². The van der Waals surface area contributed by atoms with Gasteiger partial charge in [0.25, 0.3) is 0 Å². The summed E-state index contributed by atoms with van der Waals surface area (Å²) in [5, 5.41) is 0.849. The zero-order chi connectivity index (χ0) is 14.8. The molecule has 3 aromatic rings. The van der Waals surface area contributed by atoms with Crippen LogP contribution in [-0.4, -0.2) is 24.2 Å².